The van der Waals surface area contributed by atoms with Gasteiger partial charge in [-0.2, -0.15) is 0 Å². The van der Waals surface area contributed by atoms with Crippen LogP contribution < -0.4 is 11.1 Å². The highest BCUT2D eigenvalue weighted by atomic mass is 16.6. The molecule has 9 nitrogen and oxygen atoms in total. The first-order chi connectivity index (χ1) is 25.7. The number of aliphatic hydroxyl groups excluding tert-OH is 2. The third-order valence-corrected chi connectivity index (χ3v) is 19.1. The largest absolute Gasteiger partial charge is 0.396 e. The van der Waals surface area contributed by atoms with Gasteiger partial charge in [0.25, 0.3) is 0 Å². The highest BCUT2D eigenvalue weighted by Crippen LogP contribution is 2.76. The molecule has 3 aliphatic heterocycles. The fourth-order valence-electron chi connectivity index (χ4n) is 15.8. The first-order valence-corrected chi connectivity index (χ1v) is 22.6. The molecular formula is C45H73N2O7+. The van der Waals surface area contributed by atoms with E-state index < -0.39 is 39.8 Å². The summed E-state index contributed by atoms with van der Waals surface area (Å²) in [5, 5.41) is 50.6. The molecule has 4 saturated carbocycles. The van der Waals surface area contributed by atoms with E-state index in [9.17, 15) is 25.2 Å². The van der Waals surface area contributed by atoms with Crippen LogP contribution in [0.3, 0.4) is 0 Å². The molecule has 9 rings (SSSR count). The molecule has 0 radical (unpaired) electrons. The highest BCUT2D eigenvalue weighted by Gasteiger charge is 2.78. The van der Waals surface area contributed by atoms with Crippen LogP contribution in [0.4, 0.5) is 0 Å². The van der Waals surface area contributed by atoms with Crippen molar-refractivity contribution in [3.8, 4) is 0 Å². The van der Waals surface area contributed by atoms with E-state index in [1.807, 2.05) is 13.8 Å². The molecule has 3 saturated heterocycles. The van der Waals surface area contributed by atoms with Gasteiger partial charge in [0.15, 0.2) is 5.78 Å². The van der Waals surface area contributed by atoms with E-state index in [-0.39, 0.29) is 53.7 Å². The van der Waals surface area contributed by atoms with Crippen LogP contribution in [0.15, 0.2) is 11.1 Å². The quantitative estimate of drug-likeness (QED) is 0.188. The Morgan fingerprint density at radius 2 is 1.76 bits per heavy atom. The zero-order chi connectivity index (χ0) is 38.1. The normalized spacial score (nSPS) is 51.3. The summed E-state index contributed by atoms with van der Waals surface area (Å²) >= 11 is 0. The van der Waals surface area contributed by atoms with E-state index >= 15 is 0 Å². The van der Waals surface area contributed by atoms with Gasteiger partial charge in [-0.25, -0.2) is 0 Å². The van der Waals surface area contributed by atoms with Gasteiger partial charge in [0, 0.05) is 29.8 Å². The Balaban J connectivity index is 1.06. The molecule has 7 fully saturated rings. The van der Waals surface area contributed by atoms with Crippen LogP contribution in [0.1, 0.15) is 143 Å². The average molecular weight is 754 g/mol. The summed E-state index contributed by atoms with van der Waals surface area (Å²) < 4.78 is 14.0. The Morgan fingerprint density at radius 3 is 2.48 bits per heavy atom. The number of piperidine rings is 1. The molecule has 304 valence electrons. The SMILES string of the molecule is C[C@@H]1CCO[C@@]([C@@H]2O[C@@H]2[C@](C)(O)[C@](C)(CO)CCC2CC[NH2+]C(N)C2)([C@@H]2C[C@@H]3CCC4=C5[C@H](CC[C@@]2(C)[C@]53O)[C@]2(C3CCCC3)CC[C@H](O)C[C@H]2C4=O)C1. The molecule has 16 atom stereocenters. The first kappa shape index (κ1) is 38.6. The van der Waals surface area contributed by atoms with Crippen molar-refractivity contribution >= 4 is 5.78 Å². The number of ketones is 1. The predicted octanol–water partition coefficient (Wildman–Crippen LogP) is 4.52. The Kier molecular flexibility index (Phi) is 9.51. The van der Waals surface area contributed by atoms with Gasteiger partial charge in [-0.05, 0) is 155 Å². The zero-order valence-corrected chi connectivity index (χ0v) is 33.9. The Hall–Kier alpha value is -0.910. The Morgan fingerprint density at radius 1 is 0.981 bits per heavy atom. The van der Waals surface area contributed by atoms with E-state index in [1.165, 1.54) is 12.8 Å². The van der Waals surface area contributed by atoms with Crippen molar-refractivity contribution < 1.29 is 40.0 Å². The standard InChI is InChI=1S/C45H72N2O7/c1-26-15-20-53-44(24-26,39-38(54-39)42(4,51)40(2,25-48)16-11-27-14-19-47-35(46)21-27)34-22-29-9-10-31-36-32(13-17-41(34,3)45(29,36)52)43(28-7-5-6-8-28)18-12-30(49)23-33(43)37(31)50/h26-30,32-35,38-39,47-49,51-52H,5-25,46H2,1-4H3/p+1/t26-,27?,29+,30+,32+,33+,34-,35?,38+,39-,40+,41-,42+,43-,44-,45-/m1/s1. The van der Waals surface area contributed by atoms with Crippen LogP contribution in [0, 0.1) is 57.7 Å². The molecule has 9 aliphatic rings. The number of carbonyl (C=O) groups excluding carboxylic acids is 1. The lowest BCUT2D eigenvalue weighted by molar-refractivity contribution is -0.699. The van der Waals surface area contributed by atoms with Gasteiger partial charge in [0.2, 0.25) is 0 Å². The van der Waals surface area contributed by atoms with Gasteiger partial charge in [-0.1, -0.05) is 33.6 Å². The van der Waals surface area contributed by atoms with Gasteiger partial charge >= 0.3 is 0 Å². The molecule has 0 spiro atoms. The molecule has 0 aromatic heterocycles. The van der Waals surface area contributed by atoms with Gasteiger partial charge < -0.3 is 35.2 Å². The molecule has 8 N–H and O–H groups in total. The predicted molar refractivity (Wildman–Crippen MR) is 205 cm³/mol. The second-order valence-electron chi connectivity index (χ2n) is 21.5. The number of fused-ring (bicyclic) bond motifs is 2. The zero-order valence-electron chi connectivity index (χ0n) is 33.9. The van der Waals surface area contributed by atoms with Crippen molar-refractivity contribution in [2.75, 3.05) is 19.8 Å². The summed E-state index contributed by atoms with van der Waals surface area (Å²) in [7, 11) is 0. The molecule has 54 heavy (non-hydrogen) atoms. The first-order valence-electron chi connectivity index (χ1n) is 22.6. The molecule has 6 aliphatic carbocycles. The van der Waals surface area contributed by atoms with Gasteiger partial charge in [-0.3, -0.25) is 10.5 Å². The summed E-state index contributed by atoms with van der Waals surface area (Å²) in [6.07, 6.45) is 15.6. The van der Waals surface area contributed by atoms with Crippen molar-refractivity contribution in [2.45, 2.75) is 185 Å². The molecule has 9 heteroatoms. The van der Waals surface area contributed by atoms with Crippen LogP contribution in [0.2, 0.25) is 0 Å². The van der Waals surface area contributed by atoms with Crippen LogP contribution in [0.25, 0.3) is 0 Å². The van der Waals surface area contributed by atoms with Crippen molar-refractivity contribution in [1.82, 2.24) is 0 Å². The van der Waals surface area contributed by atoms with Crippen molar-refractivity contribution in [2.24, 2.45) is 63.4 Å². The maximum atomic E-state index is 14.9. The van der Waals surface area contributed by atoms with Crippen molar-refractivity contribution in [3.63, 3.8) is 0 Å². The molecular weight excluding hydrogens is 681 g/mol. The lowest BCUT2D eigenvalue weighted by Gasteiger charge is -2.65. The number of ether oxygens (including phenoxy) is 2. The number of quaternary nitrogens is 1. The number of nitrogens with two attached hydrogens (primary N) is 2. The summed E-state index contributed by atoms with van der Waals surface area (Å²) in [6, 6.07) is 0. The van der Waals surface area contributed by atoms with Gasteiger partial charge in [0.05, 0.1) is 30.5 Å². The fourth-order valence-corrected chi connectivity index (χ4v) is 15.8. The number of Topliss-reactive ketones (excluding diaryl/α,β-unsaturated/α-hetero) is 1. The molecule has 0 aromatic carbocycles. The summed E-state index contributed by atoms with van der Waals surface area (Å²) in [4.78, 5) is 14.9. The van der Waals surface area contributed by atoms with E-state index in [4.69, 9.17) is 15.2 Å². The van der Waals surface area contributed by atoms with Gasteiger partial charge in [0.1, 0.15) is 24.0 Å². The topological polar surface area (TPSA) is 162 Å². The van der Waals surface area contributed by atoms with E-state index in [1.54, 1.807) is 0 Å². The molecule has 0 amide bonds. The number of allylic oxidation sites excluding steroid dienone is 1. The smallest absolute Gasteiger partial charge is 0.162 e. The Labute approximate surface area is 324 Å². The number of hydrogen-bond acceptors (Lipinski definition) is 8. The minimum absolute atomic E-state index is 0.00476. The fraction of sp³-hybridized carbons (Fsp3) is 0.933. The summed E-state index contributed by atoms with van der Waals surface area (Å²) in [6.45, 7) is 10.1. The molecule has 0 bridgehead atoms. The number of hydrogen-bond donors (Lipinski definition) is 6. The van der Waals surface area contributed by atoms with E-state index in [0.717, 1.165) is 108 Å². The Bertz CT molecular complexity index is 1510. The monoisotopic (exact) mass is 754 g/mol. The summed E-state index contributed by atoms with van der Waals surface area (Å²) in [5.41, 5.74) is 3.86. The van der Waals surface area contributed by atoms with Crippen molar-refractivity contribution in [3.05, 3.63) is 11.1 Å². The maximum absolute atomic E-state index is 14.9. The van der Waals surface area contributed by atoms with Crippen LogP contribution in [0.5, 0.6) is 0 Å². The molecule has 2 unspecified atom stereocenters. The van der Waals surface area contributed by atoms with Crippen LogP contribution in [-0.2, 0) is 14.3 Å². The van der Waals surface area contributed by atoms with E-state index in [0.29, 0.717) is 37.2 Å². The maximum Gasteiger partial charge on any atom is 0.162 e. The third kappa shape index (κ3) is 5.26. The second-order valence-corrected chi connectivity index (χ2v) is 21.5. The number of epoxide rings is 1. The average Bonchev–Trinajstić information content (AvgIpc) is 3.72. The lowest BCUT2D eigenvalue weighted by Crippen LogP contribution is -2.94. The number of carbonyl (C=O) groups is 1. The molecule has 0 aromatic rings. The van der Waals surface area contributed by atoms with Gasteiger partial charge in [-0.15, -0.1) is 0 Å². The lowest BCUT2D eigenvalue weighted by atomic mass is 9.40. The van der Waals surface area contributed by atoms with Crippen LogP contribution >= 0.6 is 0 Å². The highest BCUT2D eigenvalue weighted by molar-refractivity contribution is 6.00. The second kappa shape index (κ2) is 13.3. The van der Waals surface area contributed by atoms with Crippen LogP contribution in [-0.4, -0.2) is 87.2 Å². The number of aliphatic hydroxyl groups is 4. The summed E-state index contributed by atoms with van der Waals surface area (Å²) in [5.74, 6) is 1.75. The van der Waals surface area contributed by atoms with Crippen molar-refractivity contribution in [1.29, 1.82) is 0 Å². The third-order valence-electron chi connectivity index (χ3n) is 19.1. The number of rotatable bonds is 9. The minimum Gasteiger partial charge on any atom is -0.396 e. The minimum atomic E-state index is -1.28. The van der Waals surface area contributed by atoms with E-state index in [2.05, 4.69) is 19.2 Å². The molecule has 3 heterocycles.